The molecule has 1 unspecified atom stereocenters. The molecule has 0 fully saturated rings. The van der Waals surface area contributed by atoms with Crippen molar-refractivity contribution < 1.29 is 13.5 Å². The molecule has 0 spiro atoms. The van der Waals surface area contributed by atoms with Gasteiger partial charge in [0.25, 0.3) is 0 Å². The van der Waals surface area contributed by atoms with Crippen LogP contribution in [0.3, 0.4) is 0 Å². The van der Waals surface area contributed by atoms with Crippen LogP contribution in [-0.2, 0) is 15.6 Å². The molecule has 0 aliphatic carbocycles. The Morgan fingerprint density at radius 2 is 1.45 bits per heavy atom. The van der Waals surface area contributed by atoms with Gasteiger partial charge in [-0.05, 0) is 31.9 Å². The van der Waals surface area contributed by atoms with Gasteiger partial charge in [-0.15, -0.1) is 0 Å². The predicted octanol–water partition coefficient (Wildman–Crippen LogP) is 3.26. The summed E-state index contributed by atoms with van der Waals surface area (Å²) in [6.45, 7) is 5.85. The maximum atomic E-state index is 12.3. The summed E-state index contributed by atoms with van der Waals surface area (Å²) < 4.78 is 24.6. The highest BCUT2D eigenvalue weighted by Gasteiger charge is 2.19. The second kappa shape index (κ2) is 6.63. The maximum absolute atomic E-state index is 12.3. The van der Waals surface area contributed by atoms with E-state index >= 15 is 0 Å². The van der Waals surface area contributed by atoms with E-state index in [1.807, 2.05) is 51.1 Å². The lowest BCUT2D eigenvalue weighted by Gasteiger charge is -2.12. The summed E-state index contributed by atoms with van der Waals surface area (Å²) in [4.78, 5) is 0. The van der Waals surface area contributed by atoms with E-state index in [1.165, 1.54) is 0 Å². The number of sulfone groups is 1. The van der Waals surface area contributed by atoms with Crippen molar-refractivity contribution in [3.05, 3.63) is 70.3 Å². The lowest BCUT2D eigenvalue weighted by molar-refractivity contribution is 0.201. The average Bonchev–Trinajstić information content (AvgIpc) is 2.36. The second-order valence-corrected chi connectivity index (χ2v) is 8.09. The van der Waals surface area contributed by atoms with Crippen LogP contribution in [0, 0.1) is 20.8 Å². The van der Waals surface area contributed by atoms with Crippen LogP contribution in [0.25, 0.3) is 0 Å². The van der Waals surface area contributed by atoms with Crippen molar-refractivity contribution in [3.8, 4) is 0 Å². The molecule has 4 heteroatoms. The Labute approximate surface area is 132 Å². The van der Waals surface area contributed by atoms with Crippen LogP contribution in [0.5, 0.6) is 0 Å². The normalized spacial score (nSPS) is 13.1. The van der Waals surface area contributed by atoms with Crippen LogP contribution in [0.15, 0.2) is 42.5 Å². The Morgan fingerprint density at radius 3 is 2.00 bits per heavy atom. The molecule has 0 aromatic heterocycles. The summed E-state index contributed by atoms with van der Waals surface area (Å²) >= 11 is 0. The number of rotatable bonds is 5. The molecule has 0 saturated carbocycles. The van der Waals surface area contributed by atoms with E-state index in [-0.39, 0.29) is 11.5 Å². The molecule has 0 saturated heterocycles. The Kier molecular flexibility index (Phi) is 5.04. The van der Waals surface area contributed by atoms with Crippen molar-refractivity contribution in [2.24, 2.45) is 0 Å². The fourth-order valence-electron chi connectivity index (χ4n) is 2.59. The maximum Gasteiger partial charge on any atom is 0.157 e. The van der Waals surface area contributed by atoms with Crippen molar-refractivity contribution in [2.45, 2.75) is 32.6 Å². The molecular formula is C18H22O3S. The van der Waals surface area contributed by atoms with Gasteiger partial charge in [0.15, 0.2) is 9.84 Å². The van der Waals surface area contributed by atoms with E-state index in [0.29, 0.717) is 5.56 Å². The summed E-state index contributed by atoms with van der Waals surface area (Å²) in [7, 11) is -3.38. The van der Waals surface area contributed by atoms with E-state index in [2.05, 4.69) is 0 Å². The molecule has 1 N–H and O–H groups in total. The number of aliphatic hydroxyl groups excluding tert-OH is 1. The van der Waals surface area contributed by atoms with Crippen LogP contribution in [0.1, 0.15) is 33.9 Å². The average molecular weight is 318 g/mol. The zero-order chi connectivity index (χ0) is 16.3. The van der Waals surface area contributed by atoms with Gasteiger partial charge in [0.05, 0.1) is 17.6 Å². The molecule has 0 bridgehead atoms. The van der Waals surface area contributed by atoms with Gasteiger partial charge in [0.2, 0.25) is 0 Å². The first kappa shape index (κ1) is 16.7. The van der Waals surface area contributed by atoms with Crippen molar-refractivity contribution in [1.82, 2.24) is 0 Å². The molecule has 2 rings (SSSR count). The van der Waals surface area contributed by atoms with Gasteiger partial charge in [-0.1, -0.05) is 59.2 Å². The van der Waals surface area contributed by atoms with Gasteiger partial charge in [-0.25, -0.2) is 8.42 Å². The SMILES string of the molecule is Cc1ccc(C(O)CS(=O)(=O)Cc2cc(C)cc(C)c2)cc1. The van der Waals surface area contributed by atoms with Gasteiger partial charge in [0.1, 0.15) is 0 Å². The summed E-state index contributed by atoms with van der Waals surface area (Å²) in [5, 5.41) is 10.2. The van der Waals surface area contributed by atoms with Crippen LogP contribution in [0.2, 0.25) is 0 Å². The zero-order valence-electron chi connectivity index (χ0n) is 13.2. The highest BCUT2D eigenvalue weighted by molar-refractivity contribution is 7.90. The van der Waals surface area contributed by atoms with E-state index in [4.69, 9.17) is 0 Å². The predicted molar refractivity (Wildman–Crippen MR) is 89.5 cm³/mol. The molecule has 118 valence electrons. The molecule has 0 aliphatic heterocycles. The summed E-state index contributed by atoms with van der Waals surface area (Å²) in [6, 6.07) is 13.0. The minimum Gasteiger partial charge on any atom is -0.387 e. The highest BCUT2D eigenvalue weighted by Crippen LogP contribution is 2.19. The summed E-state index contributed by atoms with van der Waals surface area (Å²) in [5.41, 5.74) is 4.57. The lowest BCUT2D eigenvalue weighted by atomic mass is 10.1. The first-order valence-corrected chi connectivity index (χ1v) is 9.09. The van der Waals surface area contributed by atoms with Crippen molar-refractivity contribution in [1.29, 1.82) is 0 Å². The number of benzene rings is 2. The first-order valence-electron chi connectivity index (χ1n) is 7.27. The number of hydrogen-bond donors (Lipinski definition) is 1. The second-order valence-electron chi connectivity index (χ2n) is 5.98. The third-order valence-corrected chi connectivity index (χ3v) is 5.14. The topological polar surface area (TPSA) is 54.4 Å². The van der Waals surface area contributed by atoms with Crippen LogP contribution in [0.4, 0.5) is 0 Å². The molecule has 2 aromatic carbocycles. The quantitative estimate of drug-likeness (QED) is 0.920. The smallest absolute Gasteiger partial charge is 0.157 e. The molecule has 3 nitrogen and oxygen atoms in total. The van der Waals surface area contributed by atoms with Crippen molar-refractivity contribution >= 4 is 9.84 Å². The van der Waals surface area contributed by atoms with E-state index in [0.717, 1.165) is 22.3 Å². The third-order valence-electron chi connectivity index (χ3n) is 3.54. The fraction of sp³-hybridized carbons (Fsp3) is 0.333. The Bertz CT molecular complexity index is 726. The van der Waals surface area contributed by atoms with Crippen LogP contribution in [-0.4, -0.2) is 19.3 Å². The third kappa shape index (κ3) is 4.68. The molecule has 1 atom stereocenters. The van der Waals surface area contributed by atoms with E-state index < -0.39 is 15.9 Å². The molecule has 22 heavy (non-hydrogen) atoms. The molecule has 2 aromatic rings. The fourth-order valence-corrected chi connectivity index (χ4v) is 4.06. The Hall–Kier alpha value is -1.65. The van der Waals surface area contributed by atoms with Crippen molar-refractivity contribution in [2.75, 3.05) is 5.75 Å². The first-order chi connectivity index (χ1) is 10.2. The zero-order valence-corrected chi connectivity index (χ0v) is 14.0. The molecule has 0 amide bonds. The highest BCUT2D eigenvalue weighted by atomic mass is 32.2. The Balaban J connectivity index is 2.11. The molecular weight excluding hydrogens is 296 g/mol. The van der Waals surface area contributed by atoms with Gasteiger partial charge in [-0.3, -0.25) is 0 Å². The number of aliphatic hydroxyl groups is 1. The standard InChI is InChI=1S/C18H22O3S/c1-13-4-6-17(7-5-13)18(19)12-22(20,21)11-16-9-14(2)8-15(3)10-16/h4-10,18-19H,11-12H2,1-3H3. The summed E-state index contributed by atoms with van der Waals surface area (Å²) in [5.74, 6) is -0.304. The van der Waals surface area contributed by atoms with Gasteiger partial charge in [0, 0.05) is 0 Å². The van der Waals surface area contributed by atoms with E-state index in [1.54, 1.807) is 12.1 Å². The van der Waals surface area contributed by atoms with Crippen LogP contribution >= 0.6 is 0 Å². The minimum atomic E-state index is -3.38. The minimum absolute atomic E-state index is 0.0432. The molecule has 0 heterocycles. The van der Waals surface area contributed by atoms with Crippen molar-refractivity contribution in [3.63, 3.8) is 0 Å². The number of aryl methyl sites for hydroxylation is 3. The van der Waals surface area contributed by atoms with Gasteiger partial charge < -0.3 is 5.11 Å². The molecule has 0 radical (unpaired) electrons. The van der Waals surface area contributed by atoms with Gasteiger partial charge in [-0.2, -0.15) is 0 Å². The number of hydrogen-bond acceptors (Lipinski definition) is 3. The monoisotopic (exact) mass is 318 g/mol. The lowest BCUT2D eigenvalue weighted by Crippen LogP contribution is -2.16. The van der Waals surface area contributed by atoms with E-state index in [9.17, 15) is 13.5 Å². The molecule has 0 aliphatic rings. The van der Waals surface area contributed by atoms with Crippen LogP contribution < -0.4 is 0 Å². The Morgan fingerprint density at radius 1 is 0.909 bits per heavy atom. The largest absolute Gasteiger partial charge is 0.387 e. The summed E-state index contributed by atoms with van der Waals surface area (Å²) in [6.07, 6.45) is -0.989. The van der Waals surface area contributed by atoms with Gasteiger partial charge >= 0.3 is 0 Å².